The van der Waals surface area contributed by atoms with Crippen molar-refractivity contribution in [3.8, 4) is 11.1 Å². The van der Waals surface area contributed by atoms with Gasteiger partial charge in [0.2, 0.25) is 5.91 Å². The van der Waals surface area contributed by atoms with Gasteiger partial charge in [-0.1, -0.05) is 91.0 Å². The number of imide groups is 1. The predicted octanol–water partition coefficient (Wildman–Crippen LogP) is 5.15. The van der Waals surface area contributed by atoms with Gasteiger partial charge in [0, 0.05) is 0 Å². The zero-order chi connectivity index (χ0) is 25.3. The molecule has 0 saturated carbocycles. The number of nitrogens with one attached hydrogen (secondary N) is 2. The van der Waals surface area contributed by atoms with Crippen LogP contribution in [-0.4, -0.2) is 29.3 Å². The van der Waals surface area contributed by atoms with Gasteiger partial charge >= 0.3 is 6.03 Å². The molecule has 4 aromatic rings. The number of rotatable bonds is 6. The van der Waals surface area contributed by atoms with Crippen LogP contribution in [-0.2, 0) is 15.1 Å². The number of carbonyl (C=O) groups excluding carboxylic acids is 3. The topological polar surface area (TPSA) is 78.5 Å². The summed E-state index contributed by atoms with van der Waals surface area (Å²) >= 11 is 0. The number of nitrogens with zero attached hydrogens (tertiary/aromatic N) is 1. The fourth-order valence-electron chi connectivity index (χ4n) is 4.65. The van der Waals surface area contributed by atoms with E-state index in [1.165, 1.54) is 0 Å². The van der Waals surface area contributed by atoms with Gasteiger partial charge in [-0.3, -0.25) is 14.5 Å². The second-order valence-electron chi connectivity index (χ2n) is 9.29. The Hall–Kier alpha value is -4.45. The molecule has 4 aromatic carbocycles. The van der Waals surface area contributed by atoms with E-state index in [0.29, 0.717) is 5.56 Å². The number of benzene rings is 4. The number of hydrogen-bond acceptors (Lipinski definition) is 3. The van der Waals surface area contributed by atoms with Crippen LogP contribution in [0.5, 0.6) is 0 Å². The molecule has 0 spiro atoms. The number of urea groups is 1. The summed E-state index contributed by atoms with van der Waals surface area (Å²) in [6, 6.07) is 30.7. The lowest BCUT2D eigenvalue weighted by Gasteiger charge is -2.23. The van der Waals surface area contributed by atoms with Crippen molar-refractivity contribution in [2.45, 2.75) is 25.4 Å². The fraction of sp³-hybridized carbons (Fsp3) is 0.167. The summed E-state index contributed by atoms with van der Waals surface area (Å²) in [5.74, 6) is -0.848. The van der Waals surface area contributed by atoms with Crippen molar-refractivity contribution in [3.05, 3.63) is 108 Å². The molecule has 6 heteroatoms. The molecule has 0 aliphatic carbocycles. The number of carbonyl (C=O) groups is 3. The molecule has 0 bridgehead atoms. The van der Waals surface area contributed by atoms with Gasteiger partial charge < -0.3 is 10.6 Å². The highest BCUT2D eigenvalue weighted by Crippen LogP contribution is 2.31. The molecule has 4 amide bonds. The van der Waals surface area contributed by atoms with E-state index in [-0.39, 0.29) is 12.6 Å². The second kappa shape index (κ2) is 9.30. The van der Waals surface area contributed by atoms with Crippen molar-refractivity contribution >= 4 is 28.6 Å². The smallest absolute Gasteiger partial charge is 0.325 e. The van der Waals surface area contributed by atoms with Gasteiger partial charge in [0.25, 0.3) is 5.91 Å². The molecule has 180 valence electrons. The van der Waals surface area contributed by atoms with E-state index in [4.69, 9.17) is 0 Å². The van der Waals surface area contributed by atoms with Crippen LogP contribution in [0.3, 0.4) is 0 Å². The molecule has 0 aromatic heterocycles. The Labute approximate surface area is 209 Å². The van der Waals surface area contributed by atoms with Crippen molar-refractivity contribution in [2.24, 2.45) is 0 Å². The highest BCUT2D eigenvalue weighted by Gasteiger charge is 2.49. The number of hydrogen-bond donors (Lipinski definition) is 2. The SMILES string of the molecule is C[C@H](NC(=O)CN1C(=O)N[C@](C)(c2ccc3ccccc3c2)C1=O)c1ccc(-c2ccccc2)cc1. The summed E-state index contributed by atoms with van der Waals surface area (Å²) in [4.78, 5) is 39.8. The molecule has 5 rings (SSSR count). The highest BCUT2D eigenvalue weighted by molar-refractivity contribution is 6.09. The van der Waals surface area contributed by atoms with E-state index in [9.17, 15) is 14.4 Å². The Morgan fingerprint density at radius 1 is 0.861 bits per heavy atom. The minimum absolute atomic E-state index is 0.282. The van der Waals surface area contributed by atoms with Crippen molar-refractivity contribution in [2.75, 3.05) is 6.54 Å². The molecule has 1 aliphatic rings. The predicted molar refractivity (Wildman–Crippen MR) is 140 cm³/mol. The van der Waals surface area contributed by atoms with E-state index in [0.717, 1.165) is 32.4 Å². The van der Waals surface area contributed by atoms with Gasteiger partial charge in [-0.2, -0.15) is 0 Å². The van der Waals surface area contributed by atoms with Gasteiger partial charge in [0.1, 0.15) is 12.1 Å². The molecule has 6 nitrogen and oxygen atoms in total. The maximum Gasteiger partial charge on any atom is 0.325 e. The van der Waals surface area contributed by atoms with E-state index in [1.807, 2.05) is 104 Å². The standard InChI is InChI=1S/C30H27N3O3/c1-20(21-12-14-24(15-13-21)22-8-4-3-5-9-22)31-27(34)19-33-28(35)30(2,32-29(33)36)26-17-16-23-10-6-7-11-25(23)18-26/h3-18,20H,19H2,1-2H3,(H,31,34)(H,32,36)/t20-,30+/m0/s1. The van der Waals surface area contributed by atoms with Crippen LogP contribution >= 0.6 is 0 Å². The monoisotopic (exact) mass is 477 g/mol. The van der Waals surface area contributed by atoms with Gasteiger partial charge in [-0.15, -0.1) is 0 Å². The molecule has 36 heavy (non-hydrogen) atoms. The largest absolute Gasteiger partial charge is 0.348 e. The van der Waals surface area contributed by atoms with Crippen molar-refractivity contribution in [3.63, 3.8) is 0 Å². The first-order valence-corrected chi connectivity index (χ1v) is 11.9. The summed E-state index contributed by atoms with van der Waals surface area (Å²) in [7, 11) is 0. The Morgan fingerprint density at radius 3 is 2.22 bits per heavy atom. The minimum Gasteiger partial charge on any atom is -0.348 e. The maximum absolute atomic E-state index is 13.3. The first kappa shape index (κ1) is 23.3. The average Bonchev–Trinajstić information content (AvgIpc) is 3.12. The van der Waals surface area contributed by atoms with Gasteiger partial charge in [-0.05, 0) is 52.9 Å². The second-order valence-corrected chi connectivity index (χ2v) is 9.29. The third kappa shape index (κ3) is 4.33. The molecule has 2 N–H and O–H groups in total. The average molecular weight is 478 g/mol. The lowest BCUT2D eigenvalue weighted by atomic mass is 9.90. The third-order valence-electron chi connectivity index (χ3n) is 6.80. The lowest BCUT2D eigenvalue weighted by molar-refractivity contribution is -0.135. The van der Waals surface area contributed by atoms with Crippen LogP contribution in [0.25, 0.3) is 21.9 Å². The third-order valence-corrected chi connectivity index (χ3v) is 6.80. The van der Waals surface area contributed by atoms with Gasteiger partial charge in [0.15, 0.2) is 0 Å². The Balaban J connectivity index is 1.26. The Bertz CT molecular complexity index is 1450. The van der Waals surface area contributed by atoms with Crippen LogP contribution in [0, 0.1) is 0 Å². The summed E-state index contributed by atoms with van der Waals surface area (Å²) in [6.07, 6.45) is 0. The van der Waals surface area contributed by atoms with E-state index in [1.54, 1.807) is 6.92 Å². The Kier molecular flexibility index (Phi) is 6.02. The van der Waals surface area contributed by atoms with Crippen LogP contribution < -0.4 is 10.6 Å². The van der Waals surface area contributed by atoms with Crippen LogP contribution in [0.15, 0.2) is 97.1 Å². The molecule has 1 heterocycles. The van der Waals surface area contributed by atoms with E-state index in [2.05, 4.69) is 10.6 Å². The molecule has 1 fully saturated rings. The van der Waals surface area contributed by atoms with Crippen molar-refractivity contribution in [1.82, 2.24) is 15.5 Å². The zero-order valence-corrected chi connectivity index (χ0v) is 20.2. The molecule has 1 aliphatic heterocycles. The van der Waals surface area contributed by atoms with Crippen LogP contribution in [0.2, 0.25) is 0 Å². The zero-order valence-electron chi connectivity index (χ0n) is 20.2. The summed E-state index contributed by atoms with van der Waals surface area (Å²) in [5.41, 5.74) is 2.58. The lowest BCUT2D eigenvalue weighted by Crippen LogP contribution is -2.43. The molecular weight excluding hydrogens is 450 g/mol. The molecule has 2 atom stereocenters. The summed E-state index contributed by atoms with van der Waals surface area (Å²) < 4.78 is 0. The maximum atomic E-state index is 13.3. The van der Waals surface area contributed by atoms with Gasteiger partial charge in [-0.25, -0.2) is 4.79 Å². The quantitative estimate of drug-likeness (QED) is 0.377. The molecule has 0 radical (unpaired) electrons. The molecule has 1 saturated heterocycles. The first-order valence-electron chi connectivity index (χ1n) is 11.9. The van der Waals surface area contributed by atoms with Crippen molar-refractivity contribution in [1.29, 1.82) is 0 Å². The Morgan fingerprint density at radius 2 is 1.50 bits per heavy atom. The highest BCUT2D eigenvalue weighted by atomic mass is 16.2. The minimum atomic E-state index is -1.24. The summed E-state index contributed by atoms with van der Waals surface area (Å²) in [5, 5.41) is 7.70. The van der Waals surface area contributed by atoms with Crippen LogP contribution in [0.4, 0.5) is 4.79 Å². The van der Waals surface area contributed by atoms with Crippen molar-refractivity contribution < 1.29 is 14.4 Å². The number of amides is 4. The first-order chi connectivity index (χ1) is 17.3. The van der Waals surface area contributed by atoms with E-state index < -0.39 is 23.4 Å². The van der Waals surface area contributed by atoms with Gasteiger partial charge in [0.05, 0.1) is 6.04 Å². The normalized spacial score (nSPS) is 18.2. The molecule has 0 unspecified atom stereocenters. The van der Waals surface area contributed by atoms with E-state index >= 15 is 0 Å². The summed E-state index contributed by atoms with van der Waals surface area (Å²) in [6.45, 7) is 3.20. The number of fused-ring (bicyclic) bond motifs is 1. The fourth-order valence-corrected chi connectivity index (χ4v) is 4.65. The van der Waals surface area contributed by atoms with Crippen LogP contribution in [0.1, 0.15) is 31.0 Å². The molecular formula is C30H27N3O3.